The first-order valence-corrected chi connectivity index (χ1v) is 9.87. The number of hydrazone groups is 1. The van der Waals surface area contributed by atoms with Gasteiger partial charge in [0.15, 0.2) is 0 Å². The van der Waals surface area contributed by atoms with Crippen LogP contribution in [0.3, 0.4) is 0 Å². The van der Waals surface area contributed by atoms with E-state index in [4.69, 9.17) is 5.84 Å². The van der Waals surface area contributed by atoms with Crippen LogP contribution in [-0.4, -0.2) is 38.0 Å². The van der Waals surface area contributed by atoms with Crippen molar-refractivity contribution in [2.24, 2.45) is 15.9 Å². The minimum absolute atomic E-state index is 0.0435. The summed E-state index contributed by atoms with van der Waals surface area (Å²) >= 11 is 0. The van der Waals surface area contributed by atoms with Gasteiger partial charge in [-0.1, -0.05) is 6.07 Å². The van der Waals surface area contributed by atoms with Gasteiger partial charge in [0.05, 0.1) is 22.5 Å². The minimum atomic E-state index is -0.969. The van der Waals surface area contributed by atoms with Gasteiger partial charge in [-0.25, -0.2) is 13.8 Å². The predicted octanol–water partition coefficient (Wildman–Crippen LogP) is 3.80. The Morgan fingerprint density at radius 3 is 2.19 bits per heavy atom. The lowest BCUT2D eigenvalue weighted by Crippen LogP contribution is -2.20. The van der Waals surface area contributed by atoms with Crippen LogP contribution in [0.1, 0.15) is 35.7 Å². The number of pyridine rings is 2. The van der Waals surface area contributed by atoms with Crippen molar-refractivity contribution in [3.63, 3.8) is 0 Å². The quantitative estimate of drug-likeness (QED) is 0.294. The van der Waals surface area contributed by atoms with E-state index in [0.29, 0.717) is 28.3 Å². The minimum Gasteiger partial charge on any atom is -0.323 e. The Morgan fingerprint density at radius 2 is 1.66 bits per heavy atom. The van der Waals surface area contributed by atoms with Gasteiger partial charge in [0.1, 0.15) is 34.9 Å². The van der Waals surface area contributed by atoms with Gasteiger partial charge in [-0.2, -0.15) is 5.10 Å². The standard InChI is InChI=1S/C23H21F2N7/c1-13(31-26)20(27-3)15-8-9-18-19(12-15)32(14(2)30-18)23(21-16(24)6-4-10-28-21)22-17(25)7-5-11-29-22/h4-12,23H,26H2,1-3H3. The number of aliphatic imine (C=N–C) groups is 1. The van der Waals surface area contributed by atoms with Crippen molar-refractivity contribution < 1.29 is 8.78 Å². The van der Waals surface area contributed by atoms with Crippen molar-refractivity contribution in [1.82, 2.24) is 19.5 Å². The van der Waals surface area contributed by atoms with E-state index in [2.05, 4.69) is 25.0 Å². The van der Waals surface area contributed by atoms with Crippen molar-refractivity contribution in [1.29, 1.82) is 0 Å². The lowest BCUT2D eigenvalue weighted by molar-refractivity contribution is 0.519. The van der Waals surface area contributed by atoms with Crippen LogP contribution in [0.4, 0.5) is 8.78 Å². The van der Waals surface area contributed by atoms with Crippen LogP contribution in [0.25, 0.3) is 11.0 Å². The van der Waals surface area contributed by atoms with E-state index in [1.54, 1.807) is 25.5 Å². The molecule has 4 rings (SSSR count). The van der Waals surface area contributed by atoms with Crippen LogP contribution in [0, 0.1) is 18.6 Å². The van der Waals surface area contributed by atoms with Crippen molar-refractivity contribution in [3.8, 4) is 0 Å². The fourth-order valence-corrected chi connectivity index (χ4v) is 3.82. The van der Waals surface area contributed by atoms with E-state index in [-0.39, 0.29) is 11.4 Å². The molecular formula is C23H21F2N7. The number of aryl methyl sites for hydroxylation is 1. The molecule has 0 amide bonds. The van der Waals surface area contributed by atoms with Crippen LogP contribution in [0.15, 0.2) is 65.0 Å². The number of hydrogen-bond acceptors (Lipinski definition) is 6. The van der Waals surface area contributed by atoms with E-state index in [9.17, 15) is 8.78 Å². The molecule has 0 radical (unpaired) electrons. The molecule has 0 saturated carbocycles. The fourth-order valence-electron chi connectivity index (χ4n) is 3.82. The summed E-state index contributed by atoms with van der Waals surface area (Å²) < 4.78 is 31.5. The fraction of sp³-hybridized carbons (Fsp3) is 0.174. The summed E-state index contributed by atoms with van der Waals surface area (Å²) in [6.45, 7) is 3.53. The molecule has 9 heteroatoms. The van der Waals surface area contributed by atoms with Gasteiger partial charge in [0.25, 0.3) is 0 Å². The second-order valence-corrected chi connectivity index (χ2v) is 7.16. The number of hydrogen-bond donors (Lipinski definition) is 1. The molecule has 2 N–H and O–H groups in total. The number of benzene rings is 1. The maximum atomic E-state index is 14.9. The van der Waals surface area contributed by atoms with Gasteiger partial charge < -0.3 is 10.4 Å². The van der Waals surface area contributed by atoms with E-state index in [1.807, 2.05) is 18.2 Å². The third kappa shape index (κ3) is 3.62. The molecule has 0 spiro atoms. The number of halogens is 2. The van der Waals surface area contributed by atoms with Gasteiger partial charge in [-0.3, -0.25) is 15.0 Å². The topological polar surface area (TPSA) is 94.3 Å². The first-order valence-electron chi connectivity index (χ1n) is 9.87. The Labute approximate surface area is 183 Å². The average Bonchev–Trinajstić information content (AvgIpc) is 3.12. The summed E-state index contributed by atoms with van der Waals surface area (Å²) in [5, 5.41) is 3.74. The van der Waals surface area contributed by atoms with Gasteiger partial charge >= 0.3 is 0 Å². The Morgan fingerprint density at radius 1 is 1.03 bits per heavy atom. The summed E-state index contributed by atoms with van der Waals surface area (Å²) in [4.78, 5) is 17.3. The number of aromatic nitrogens is 4. The summed E-state index contributed by atoms with van der Waals surface area (Å²) in [5.74, 6) is 4.87. The summed E-state index contributed by atoms with van der Waals surface area (Å²) in [6, 6.07) is 10.1. The molecule has 7 nitrogen and oxygen atoms in total. The van der Waals surface area contributed by atoms with Crippen molar-refractivity contribution >= 4 is 22.5 Å². The SMILES string of the molecule is CN=C(C(C)=NN)c1ccc2nc(C)n(C(c3ncccc3F)c3ncccc3F)c2c1. The highest BCUT2D eigenvalue weighted by Gasteiger charge is 2.29. The van der Waals surface area contributed by atoms with Crippen LogP contribution >= 0.6 is 0 Å². The molecule has 4 aromatic rings. The highest BCUT2D eigenvalue weighted by Crippen LogP contribution is 2.32. The molecule has 0 fully saturated rings. The molecule has 1 aromatic carbocycles. The van der Waals surface area contributed by atoms with Crippen molar-refractivity contribution in [3.05, 3.63) is 89.3 Å². The normalized spacial score (nSPS) is 12.7. The van der Waals surface area contributed by atoms with E-state index in [0.717, 1.165) is 5.56 Å². The molecule has 32 heavy (non-hydrogen) atoms. The largest absolute Gasteiger partial charge is 0.323 e. The smallest absolute Gasteiger partial charge is 0.147 e. The summed E-state index contributed by atoms with van der Waals surface area (Å²) in [6.07, 6.45) is 2.93. The van der Waals surface area contributed by atoms with E-state index in [1.165, 1.54) is 36.7 Å². The van der Waals surface area contributed by atoms with Crippen LogP contribution < -0.4 is 5.84 Å². The third-order valence-electron chi connectivity index (χ3n) is 5.25. The summed E-state index contributed by atoms with van der Waals surface area (Å²) in [5.41, 5.74) is 3.29. The Balaban J connectivity index is 2.03. The molecule has 0 aliphatic rings. The Hall–Kier alpha value is -4.01. The monoisotopic (exact) mass is 433 g/mol. The summed E-state index contributed by atoms with van der Waals surface area (Å²) in [7, 11) is 1.64. The molecule has 3 heterocycles. The molecule has 162 valence electrons. The van der Waals surface area contributed by atoms with Crippen molar-refractivity contribution in [2.45, 2.75) is 19.9 Å². The number of fused-ring (bicyclic) bond motifs is 1. The van der Waals surface area contributed by atoms with Crippen molar-refractivity contribution in [2.75, 3.05) is 7.05 Å². The first-order chi connectivity index (χ1) is 15.5. The van der Waals surface area contributed by atoms with Gasteiger partial charge in [-0.15, -0.1) is 0 Å². The number of rotatable bonds is 5. The average molecular weight is 433 g/mol. The van der Waals surface area contributed by atoms with Gasteiger partial charge in [0, 0.05) is 25.0 Å². The molecule has 0 aliphatic heterocycles. The van der Waals surface area contributed by atoms with Gasteiger partial charge in [-0.05, 0) is 50.2 Å². The molecule has 0 saturated heterocycles. The molecule has 0 unspecified atom stereocenters. The second kappa shape index (κ2) is 8.62. The molecular weight excluding hydrogens is 412 g/mol. The van der Waals surface area contributed by atoms with Crippen LogP contribution in [-0.2, 0) is 0 Å². The second-order valence-electron chi connectivity index (χ2n) is 7.16. The zero-order valence-corrected chi connectivity index (χ0v) is 17.8. The predicted molar refractivity (Wildman–Crippen MR) is 120 cm³/mol. The third-order valence-corrected chi connectivity index (χ3v) is 5.25. The molecule has 0 atom stereocenters. The highest BCUT2D eigenvalue weighted by atomic mass is 19.1. The molecule has 0 aliphatic carbocycles. The van der Waals surface area contributed by atoms with Gasteiger partial charge in [0.2, 0.25) is 0 Å². The Kier molecular flexibility index (Phi) is 5.72. The first kappa shape index (κ1) is 21.2. The highest BCUT2D eigenvalue weighted by molar-refractivity contribution is 6.47. The number of nitrogens with zero attached hydrogens (tertiary/aromatic N) is 6. The maximum Gasteiger partial charge on any atom is 0.147 e. The lowest BCUT2D eigenvalue weighted by Gasteiger charge is -2.21. The zero-order chi connectivity index (χ0) is 22.8. The van der Waals surface area contributed by atoms with E-state index < -0.39 is 17.7 Å². The number of nitrogens with two attached hydrogens (primary N) is 1. The van der Waals surface area contributed by atoms with Crippen LogP contribution in [0.2, 0.25) is 0 Å². The lowest BCUT2D eigenvalue weighted by atomic mass is 10.0. The number of imidazole rings is 1. The zero-order valence-electron chi connectivity index (χ0n) is 17.8. The Bertz CT molecular complexity index is 1310. The van der Waals surface area contributed by atoms with Crippen LogP contribution in [0.5, 0.6) is 0 Å². The van der Waals surface area contributed by atoms with E-state index >= 15 is 0 Å². The maximum absolute atomic E-state index is 14.9. The molecule has 0 bridgehead atoms. The molecule has 3 aromatic heterocycles.